The van der Waals surface area contributed by atoms with E-state index < -0.39 is 17.7 Å². The zero-order valence-electron chi connectivity index (χ0n) is 10.0. The molecule has 0 aromatic heterocycles. The van der Waals surface area contributed by atoms with Gasteiger partial charge in [0.1, 0.15) is 5.82 Å². The van der Waals surface area contributed by atoms with Gasteiger partial charge in [0.25, 0.3) is 5.91 Å². The van der Waals surface area contributed by atoms with Crippen molar-refractivity contribution in [1.82, 2.24) is 4.90 Å². The minimum Gasteiger partial charge on any atom is -0.481 e. The molecular weight excluding hydrogens is 239 g/mol. The van der Waals surface area contributed by atoms with Crippen LogP contribution in [-0.4, -0.2) is 35.0 Å². The third-order valence-electron chi connectivity index (χ3n) is 2.51. The Morgan fingerprint density at radius 2 is 2.11 bits per heavy atom. The lowest BCUT2D eigenvalue weighted by Crippen LogP contribution is -2.32. The fourth-order valence-corrected chi connectivity index (χ4v) is 1.48. The van der Waals surface area contributed by atoms with Gasteiger partial charge >= 0.3 is 5.97 Å². The predicted molar refractivity (Wildman–Crippen MR) is 64.6 cm³/mol. The smallest absolute Gasteiger partial charge is 0.305 e. The molecule has 0 unspecified atom stereocenters. The predicted octanol–water partition coefficient (Wildman–Crippen LogP) is 1.34. The number of anilines is 1. The number of nitrogens with two attached hydrogens (primary N) is 1. The number of nitrogen functional groups attached to an aromatic ring is 1. The Labute approximate surface area is 104 Å². The number of hydrogen-bond acceptors (Lipinski definition) is 3. The number of amides is 1. The largest absolute Gasteiger partial charge is 0.481 e. The van der Waals surface area contributed by atoms with Crippen LogP contribution in [-0.2, 0) is 4.79 Å². The second-order valence-electron chi connectivity index (χ2n) is 3.76. The molecule has 0 radical (unpaired) electrons. The highest BCUT2D eigenvalue weighted by molar-refractivity contribution is 5.94. The van der Waals surface area contributed by atoms with Crippen LogP contribution in [0.1, 0.15) is 23.7 Å². The number of carboxylic acid groups (broad SMARTS) is 1. The molecule has 1 aromatic carbocycles. The number of carbonyl (C=O) groups excluding carboxylic acids is 1. The summed E-state index contributed by atoms with van der Waals surface area (Å²) in [6.07, 6.45) is -0.142. The first-order valence-corrected chi connectivity index (χ1v) is 5.51. The van der Waals surface area contributed by atoms with Gasteiger partial charge in [-0.2, -0.15) is 0 Å². The van der Waals surface area contributed by atoms with Crippen LogP contribution in [0.25, 0.3) is 0 Å². The zero-order chi connectivity index (χ0) is 13.7. The first kappa shape index (κ1) is 14.0. The molecule has 1 amide bonds. The molecule has 6 heteroatoms. The third-order valence-corrected chi connectivity index (χ3v) is 2.51. The van der Waals surface area contributed by atoms with Crippen molar-refractivity contribution in [1.29, 1.82) is 0 Å². The van der Waals surface area contributed by atoms with Crippen molar-refractivity contribution in [3.05, 3.63) is 29.6 Å². The van der Waals surface area contributed by atoms with E-state index in [0.717, 1.165) is 6.07 Å². The Hall–Kier alpha value is -2.11. The van der Waals surface area contributed by atoms with Crippen LogP contribution in [0.15, 0.2) is 18.2 Å². The summed E-state index contributed by atoms with van der Waals surface area (Å²) in [6, 6.07) is 3.79. The SMILES string of the molecule is CCN(CCC(=O)O)C(=O)c1ccc(N)c(F)c1. The second-order valence-corrected chi connectivity index (χ2v) is 3.76. The summed E-state index contributed by atoms with van der Waals surface area (Å²) in [6.45, 7) is 2.18. The van der Waals surface area contributed by atoms with E-state index in [2.05, 4.69) is 0 Å². The summed E-state index contributed by atoms with van der Waals surface area (Å²) in [7, 11) is 0. The van der Waals surface area contributed by atoms with E-state index in [1.165, 1.54) is 17.0 Å². The highest BCUT2D eigenvalue weighted by atomic mass is 19.1. The Balaban J connectivity index is 2.82. The highest BCUT2D eigenvalue weighted by Gasteiger charge is 2.16. The maximum absolute atomic E-state index is 13.2. The van der Waals surface area contributed by atoms with Gasteiger partial charge in [-0.15, -0.1) is 0 Å². The standard InChI is InChI=1S/C12H15FN2O3/c1-2-15(6-5-11(16)17)12(18)8-3-4-10(14)9(13)7-8/h3-4,7H,2,5-6,14H2,1H3,(H,16,17). The number of carbonyl (C=O) groups is 2. The lowest BCUT2D eigenvalue weighted by Gasteiger charge is -2.20. The van der Waals surface area contributed by atoms with Gasteiger partial charge in [-0.05, 0) is 25.1 Å². The van der Waals surface area contributed by atoms with Crippen LogP contribution in [0.2, 0.25) is 0 Å². The third kappa shape index (κ3) is 3.44. The number of aliphatic carboxylic acids is 1. The molecule has 0 fully saturated rings. The van der Waals surface area contributed by atoms with Gasteiger partial charge in [-0.1, -0.05) is 0 Å². The van der Waals surface area contributed by atoms with E-state index in [0.29, 0.717) is 6.54 Å². The van der Waals surface area contributed by atoms with E-state index in [1.807, 2.05) is 0 Å². The fourth-order valence-electron chi connectivity index (χ4n) is 1.48. The first-order valence-electron chi connectivity index (χ1n) is 5.51. The van der Waals surface area contributed by atoms with Gasteiger partial charge in [0, 0.05) is 18.7 Å². The van der Waals surface area contributed by atoms with Gasteiger partial charge in [0.05, 0.1) is 12.1 Å². The quantitative estimate of drug-likeness (QED) is 0.777. The minimum absolute atomic E-state index is 0.0277. The number of hydrogen-bond donors (Lipinski definition) is 2. The Morgan fingerprint density at radius 3 is 2.61 bits per heavy atom. The molecule has 1 rings (SSSR count). The first-order chi connectivity index (χ1) is 8.45. The van der Waals surface area contributed by atoms with Crippen molar-refractivity contribution in [2.75, 3.05) is 18.8 Å². The average Bonchev–Trinajstić information content (AvgIpc) is 2.32. The van der Waals surface area contributed by atoms with Crippen molar-refractivity contribution < 1.29 is 19.1 Å². The van der Waals surface area contributed by atoms with E-state index in [9.17, 15) is 14.0 Å². The van der Waals surface area contributed by atoms with Gasteiger partial charge < -0.3 is 15.7 Å². The maximum atomic E-state index is 13.2. The molecule has 3 N–H and O–H groups in total. The zero-order valence-corrected chi connectivity index (χ0v) is 10.0. The second kappa shape index (κ2) is 6.00. The van der Waals surface area contributed by atoms with Crippen molar-refractivity contribution in [2.24, 2.45) is 0 Å². The summed E-state index contributed by atoms with van der Waals surface area (Å²) in [5, 5.41) is 8.58. The maximum Gasteiger partial charge on any atom is 0.305 e. The topological polar surface area (TPSA) is 83.6 Å². The van der Waals surface area contributed by atoms with Gasteiger partial charge in [0.2, 0.25) is 0 Å². The molecule has 5 nitrogen and oxygen atoms in total. The van der Waals surface area contributed by atoms with E-state index >= 15 is 0 Å². The van der Waals surface area contributed by atoms with Crippen LogP contribution < -0.4 is 5.73 Å². The monoisotopic (exact) mass is 254 g/mol. The summed E-state index contributed by atoms with van der Waals surface area (Å²) in [5.74, 6) is -2.04. The van der Waals surface area contributed by atoms with E-state index in [-0.39, 0.29) is 24.2 Å². The number of halogens is 1. The molecule has 18 heavy (non-hydrogen) atoms. The molecule has 0 aliphatic carbocycles. The number of rotatable bonds is 5. The number of nitrogens with zero attached hydrogens (tertiary/aromatic N) is 1. The Morgan fingerprint density at radius 1 is 1.44 bits per heavy atom. The minimum atomic E-state index is -0.982. The molecule has 0 saturated carbocycles. The van der Waals surface area contributed by atoms with Crippen LogP contribution in [0.3, 0.4) is 0 Å². The molecule has 0 aliphatic rings. The molecule has 0 bridgehead atoms. The van der Waals surface area contributed by atoms with Crippen LogP contribution >= 0.6 is 0 Å². The molecular formula is C12H15FN2O3. The Kier molecular flexibility index (Phi) is 4.65. The van der Waals surface area contributed by atoms with Crippen LogP contribution in [0.4, 0.5) is 10.1 Å². The summed E-state index contributed by atoms with van der Waals surface area (Å²) in [4.78, 5) is 23.8. The van der Waals surface area contributed by atoms with Gasteiger partial charge in [-0.3, -0.25) is 9.59 Å². The molecule has 0 atom stereocenters. The van der Waals surface area contributed by atoms with Crippen LogP contribution in [0.5, 0.6) is 0 Å². The number of benzene rings is 1. The van der Waals surface area contributed by atoms with Crippen molar-refractivity contribution >= 4 is 17.6 Å². The van der Waals surface area contributed by atoms with Crippen molar-refractivity contribution in [3.8, 4) is 0 Å². The van der Waals surface area contributed by atoms with E-state index in [1.54, 1.807) is 6.92 Å². The highest BCUT2D eigenvalue weighted by Crippen LogP contribution is 2.14. The van der Waals surface area contributed by atoms with Crippen molar-refractivity contribution in [3.63, 3.8) is 0 Å². The summed E-state index contributed by atoms with van der Waals surface area (Å²) in [5.41, 5.74) is 5.45. The normalized spacial score (nSPS) is 10.1. The summed E-state index contributed by atoms with van der Waals surface area (Å²) < 4.78 is 13.2. The van der Waals surface area contributed by atoms with Crippen LogP contribution in [0, 0.1) is 5.82 Å². The van der Waals surface area contributed by atoms with E-state index in [4.69, 9.17) is 10.8 Å². The van der Waals surface area contributed by atoms with Crippen molar-refractivity contribution in [2.45, 2.75) is 13.3 Å². The molecule has 0 heterocycles. The average molecular weight is 254 g/mol. The molecule has 0 saturated heterocycles. The van der Waals surface area contributed by atoms with Gasteiger partial charge in [-0.25, -0.2) is 4.39 Å². The summed E-state index contributed by atoms with van der Waals surface area (Å²) >= 11 is 0. The molecule has 98 valence electrons. The lowest BCUT2D eigenvalue weighted by molar-refractivity contribution is -0.137. The fraction of sp³-hybridized carbons (Fsp3) is 0.333. The molecule has 0 aliphatic heterocycles. The molecule has 1 aromatic rings. The van der Waals surface area contributed by atoms with Gasteiger partial charge in [0.15, 0.2) is 0 Å². The molecule has 0 spiro atoms. The Bertz CT molecular complexity index is 463. The lowest BCUT2D eigenvalue weighted by atomic mass is 10.1. The number of carboxylic acids is 1.